The van der Waals surface area contributed by atoms with Gasteiger partial charge < -0.3 is 10.4 Å². The quantitative estimate of drug-likeness (QED) is 0.786. The number of nitrogens with zero attached hydrogens (tertiary/aromatic N) is 1. The number of thioether (sulfide) groups is 1. The second-order valence-corrected chi connectivity index (χ2v) is 6.24. The lowest BCUT2D eigenvalue weighted by Gasteiger charge is -2.17. The molecule has 0 bridgehead atoms. The van der Waals surface area contributed by atoms with E-state index in [4.69, 9.17) is 0 Å². The van der Waals surface area contributed by atoms with Crippen LogP contribution in [0.15, 0.2) is 48.8 Å². The van der Waals surface area contributed by atoms with Crippen molar-refractivity contribution in [3.8, 4) is 0 Å². The average molecular weight is 370 g/mol. The number of nitrogens with one attached hydrogen (secondary N) is 1. The lowest BCUT2D eigenvalue weighted by Crippen LogP contribution is -2.30. The van der Waals surface area contributed by atoms with Gasteiger partial charge in [-0.1, -0.05) is 18.2 Å². The van der Waals surface area contributed by atoms with Crippen LogP contribution in [0.2, 0.25) is 0 Å². The van der Waals surface area contributed by atoms with E-state index in [0.717, 1.165) is 11.6 Å². The number of alkyl halides is 3. The molecule has 8 heteroatoms. The molecule has 0 aliphatic heterocycles. The van der Waals surface area contributed by atoms with Gasteiger partial charge in [0, 0.05) is 24.7 Å². The van der Waals surface area contributed by atoms with Crippen molar-refractivity contribution in [3.63, 3.8) is 0 Å². The van der Waals surface area contributed by atoms with Crippen LogP contribution in [-0.2, 0) is 16.7 Å². The van der Waals surface area contributed by atoms with Gasteiger partial charge in [0.2, 0.25) is 5.91 Å². The Labute approximate surface area is 147 Å². The predicted octanol–water partition coefficient (Wildman–Crippen LogP) is 3.18. The van der Waals surface area contributed by atoms with Crippen molar-refractivity contribution < 1.29 is 23.1 Å². The zero-order valence-electron chi connectivity index (χ0n) is 13.2. The third-order valence-corrected chi connectivity index (χ3v) is 4.37. The van der Waals surface area contributed by atoms with Crippen molar-refractivity contribution in [2.75, 3.05) is 12.3 Å². The topological polar surface area (TPSA) is 62.2 Å². The molecule has 0 spiro atoms. The monoisotopic (exact) mass is 370 g/mol. The molecule has 2 rings (SSSR count). The summed E-state index contributed by atoms with van der Waals surface area (Å²) >= 11 is 1.37. The Hall–Kier alpha value is -2.06. The van der Waals surface area contributed by atoms with Crippen molar-refractivity contribution >= 4 is 17.7 Å². The van der Waals surface area contributed by atoms with Crippen LogP contribution < -0.4 is 5.32 Å². The molecule has 1 amide bonds. The molecule has 1 aromatic heterocycles. The lowest BCUT2D eigenvalue weighted by molar-refractivity contribution is -0.139. The van der Waals surface area contributed by atoms with E-state index in [1.807, 2.05) is 12.1 Å². The molecule has 0 radical (unpaired) electrons. The molecule has 0 saturated carbocycles. The first-order chi connectivity index (χ1) is 11.9. The molecule has 0 aliphatic rings. The largest absolute Gasteiger partial charge is 0.416 e. The fraction of sp³-hybridized carbons (Fsp3) is 0.294. The van der Waals surface area contributed by atoms with Gasteiger partial charge in [0.05, 0.1) is 17.4 Å². The van der Waals surface area contributed by atoms with Crippen LogP contribution in [-0.4, -0.2) is 28.3 Å². The van der Waals surface area contributed by atoms with E-state index in [2.05, 4.69) is 10.3 Å². The average Bonchev–Trinajstić information content (AvgIpc) is 2.60. The van der Waals surface area contributed by atoms with E-state index in [9.17, 15) is 23.1 Å². The summed E-state index contributed by atoms with van der Waals surface area (Å²) in [6.07, 6.45) is -2.66. The summed E-state index contributed by atoms with van der Waals surface area (Å²) in [5.41, 5.74) is -0.129. The molecule has 134 valence electrons. The third-order valence-electron chi connectivity index (χ3n) is 3.37. The number of carbonyl (C=O) groups excluding carboxylic acids is 1. The number of aromatic nitrogens is 1. The summed E-state index contributed by atoms with van der Waals surface area (Å²) in [5, 5.41) is 12.4. The van der Waals surface area contributed by atoms with E-state index < -0.39 is 17.8 Å². The van der Waals surface area contributed by atoms with Crippen LogP contribution in [0, 0.1) is 0 Å². The molecular weight excluding hydrogens is 353 g/mol. The van der Waals surface area contributed by atoms with Crippen molar-refractivity contribution in [1.82, 2.24) is 10.3 Å². The van der Waals surface area contributed by atoms with Gasteiger partial charge in [-0.15, -0.1) is 11.8 Å². The zero-order chi connectivity index (χ0) is 18.3. The first-order valence-electron chi connectivity index (χ1n) is 7.45. The van der Waals surface area contributed by atoms with Crippen LogP contribution >= 0.6 is 11.8 Å². The number of halogens is 3. The molecule has 2 aromatic rings. The summed E-state index contributed by atoms with van der Waals surface area (Å²) in [6.45, 7) is -0.276. The van der Waals surface area contributed by atoms with Crippen LogP contribution in [0.1, 0.15) is 22.8 Å². The molecular formula is C17H17F3N2O2S. The van der Waals surface area contributed by atoms with Gasteiger partial charge in [-0.25, -0.2) is 0 Å². The van der Waals surface area contributed by atoms with E-state index in [-0.39, 0.29) is 23.8 Å². The number of aliphatic hydroxyl groups excluding tert-OH is 1. The number of aliphatic hydroxyl groups is 1. The van der Waals surface area contributed by atoms with E-state index >= 15 is 0 Å². The Balaban J connectivity index is 1.82. The summed E-state index contributed by atoms with van der Waals surface area (Å²) in [4.78, 5) is 15.7. The lowest BCUT2D eigenvalue weighted by atomic mass is 10.0. The Bertz CT molecular complexity index is 696. The van der Waals surface area contributed by atoms with E-state index in [1.54, 1.807) is 12.4 Å². The van der Waals surface area contributed by atoms with Crippen LogP contribution in [0.5, 0.6) is 0 Å². The highest BCUT2D eigenvalue weighted by Crippen LogP contribution is 2.34. The molecule has 0 fully saturated rings. The number of amides is 1. The summed E-state index contributed by atoms with van der Waals surface area (Å²) < 4.78 is 38.8. The summed E-state index contributed by atoms with van der Waals surface area (Å²) in [7, 11) is 0. The minimum atomic E-state index is -4.55. The molecule has 0 saturated heterocycles. The number of pyridine rings is 1. The predicted molar refractivity (Wildman–Crippen MR) is 89.8 cm³/mol. The molecule has 1 heterocycles. The number of hydrogen-bond acceptors (Lipinski definition) is 4. The SMILES string of the molecule is O=C(CSCc1ccncc1)NC[C@@H](O)c1ccccc1C(F)(F)F. The minimum absolute atomic E-state index is 0.149. The Morgan fingerprint density at radius 2 is 1.88 bits per heavy atom. The molecule has 1 atom stereocenters. The second kappa shape index (κ2) is 8.87. The first kappa shape index (κ1) is 19.3. The van der Waals surface area contributed by atoms with E-state index in [1.165, 1.54) is 30.0 Å². The minimum Gasteiger partial charge on any atom is -0.387 e. The molecule has 25 heavy (non-hydrogen) atoms. The van der Waals surface area contributed by atoms with Crippen LogP contribution in [0.3, 0.4) is 0 Å². The zero-order valence-corrected chi connectivity index (χ0v) is 14.0. The maximum Gasteiger partial charge on any atom is 0.416 e. The van der Waals surface area contributed by atoms with Gasteiger partial charge in [0.25, 0.3) is 0 Å². The van der Waals surface area contributed by atoms with Crippen molar-refractivity contribution in [1.29, 1.82) is 0 Å². The Morgan fingerprint density at radius 3 is 2.56 bits per heavy atom. The van der Waals surface area contributed by atoms with Gasteiger partial charge in [-0.2, -0.15) is 13.2 Å². The standard InChI is InChI=1S/C17H17F3N2O2S/c18-17(19,20)14-4-2-1-3-13(14)15(23)9-22-16(24)11-25-10-12-5-7-21-8-6-12/h1-8,15,23H,9-11H2,(H,22,24)/t15-/m1/s1. The van der Waals surface area contributed by atoms with Gasteiger partial charge in [-0.3, -0.25) is 9.78 Å². The van der Waals surface area contributed by atoms with Crippen molar-refractivity contribution in [2.45, 2.75) is 18.0 Å². The van der Waals surface area contributed by atoms with Crippen molar-refractivity contribution in [3.05, 3.63) is 65.5 Å². The number of carbonyl (C=O) groups is 1. The second-order valence-electron chi connectivity index (χ2n) is 5.25. The fourth-order valence-electron chi connectivity index (χ4n) is 2.16. The Morgan fingerprint density at radius 1 is 1.20 bits per heavy atom. The maximum atomic E-state index is 12.9. The van der Waals surface area contributed by atoms with Gasteiger partial charge in [-0.05, 0) is 29.3 Å². The fourth-order valence-corrected chi connectivity index (χ4v) is 2.98. The highest BCUT2D eigenvalue weighted by atomic mass is 32.2. The Kier molecular flexibility index (Phi) is 6.83. The van der Waals surface area contributed by atoms with Gasteiger partial charge >= 0.3 is 6.18 Å². The summed E-state index contributed by atoms with van der Waals surface area (Å²) in [6, 6.07) is 8.46. The highest BCUT2D eigenvalue weighted by molar-refractivity contribution is 7.99. The van der Waals surface area contributed by atoms with Crippen LogP contribution in [0.4, 0.5) is 13.2 Å². The number of benzene rings is 1. The molecule has 0 aliphatic carbocycles. The third kappa shape index (κ3) is 6.06. The van der Waals surface area contributed by atoms with Gasteiger partial charge in [0.1, 0.15) is 0 Å². The first-order valence-corrected chi connectivity index (χ1v) is 8.61. The van der Waals surface area contributed by atoms with Crippen LogP contribution in [0.25, 0.3) is 0 Å². The molecule has 2 N–H and O–H groups in total. The number of hydrogen-bond donors (Lipinski definition) is 2. The van der Waals surface area contributed by atoms with Gasteiger partial charge in [0.15, 0.2) is 0 Å². The maximum absolute atomic E-state index is 12.9. The molecule has 0 unspecified atom stereocenters. The molecule has 4 nitrogen and oxygen atoms in total. The summed E-state index contributed by atoms with van der Waals surface area (Å²) in [5.74, 6) is 0.424. The normalized spacial score (nSPS) is 12.6. The van der Waals surface area contributed by atoms with E-state index in [0.29, 0.717) is 5.75 Å². The highest BCUT2D eigenvalue weighted by Gasteiger charge is 2.34. The van der Waals surface area contributed by atoms with Crippen molar-refractivity contribution in [2.24, 2.45) is 0 Å². The number of rotatable bonds is 7. The molecule has 1 aromatic carbocycles. The smallest absolute Gasteiger partial charge is 0.387 e.